The average Bonchev–Trinajstić information content (AvgIpc) is 3.06. The first-order valence-corrected chi connectivity index (χ1v) is 7.09. The van der Waals surface area contributed by atoms with Crippen molar-refractivity contribution in [2.24, 2.45) is 0 Å². The van der Waals surface area contributed by atoms with Crippen molar-refractivity contribution in [3.05, 3.63) is 41.5 Å². The van der Waals surface area contributed by atoms with E-state index >= 15 is 0 Å². The Labute approximate surface area is 137 Å². The molecular formula is C15H17N3O6. The summed E-state index contributed by atoms with van der Waals surface area (Å²) in [6, 6.07) is 6.32. The van der Waals surface area contributed by atoms with Gasteiger partial charge in [0, 0.05) is 6.54 Å². The summed E-state index contributed by atoms with van der Waals surface area (Å²) >= 11 is 0. The molecule has 9 nitrogen and oxygen atoms in total. The first-order valence-electron chi connectivity index (χ1n) is 7.09. The number of hydrogen-bond donors (Lipinski definition) is 2. The number of aliphatic hydroxyl groups excluding tert-OH is 1. The van der Waals surface area contributed by atoms with Gasteiger partial charge in [0.2, 0.25) is 5.82 Å². The van der Waals surface area contributed by atoms with Crippen LogP contribution in [0.1, 0.15) is 33.8 Å². The first kappa shape index (κ1) is 17.4. The number of rotatable bonds is 7. The number of nitrogens with one attached hydrogen (secondary N) is 1. The van der Waals surface area contributed by atoms with Crippen LogP contribution in [-0.2, 0) is 11.3 Å². The highest BCUT2D eigenvalue weighted by Gasteiger charge is 2.15. The molecule has 1 aromatic heterocycles. The summed E-state index contributed by atoms with van der Waals surface area (Å²) in [4.78, 5) is 26.9. The molecule has 0 aliphatic carbocycles. The highest BCUT2D eigenvalue weighted by atomic mass is 16.5. The summed E-state index contributed by atoms with van der Waals surface area (Å²) < 4.78 is 14.9. The molecule has 9 heteroatoms. The van der Waals surface area contributed by atoms with Crippen LogP contribution in [0.25, 0.3) is 0 Å². The van der Waals surface area contributed by atoms with Crippen molar-refractivity contribution in [1.82, 2.24) is 15.5 Å². The Morgan fingerprint density at radius 3 is 2.67 bits per heavy atom. The second kappa shape index (κ2) is 8.06. The third-order valence-corrected chi connectivity index (χ3v) is 2.86. The van der Waals surface area contributed by atoms with E-state index in [-0.39, 0.29) is 24.9 Å². The van der Waals surface area contributed by atoms with Crippen molar-refractivity contribution in [3.63, 3.8) is 0 Å². The molecule has 128 valence electrons. The molecule has 1 amide bonds. The largest absolute Gasteiger partial charge is 0.485 e. The number of nitrogens with zero attached hydrogens (tertiary/aromatic N) is 2. The zero-order valence-electron chi connectivity index (χ0n) is 13.2. The number of carbonyl (C=O) groups excluding carboxylic acids is 2. The number of esters is 1. The van der Waals surface area contributed by atoms with E-state index in [2.05, 4.69) is 20.2 Å². The minimum atomic E-state index is -0.673. The van der Waals surface area contributed by atoms with Crippen molar-refractivity contribution >= 4 is 11.9 Å². The third-order valence-electron chi connectivity index (χ3n) is 2.86. The van der Waals surface area contributed by atoms with E-state index in [9.17, 15) is 9.59 Å². The number of methoxy groups -OCH3 is 1. The summed E-state index contributed by atoms with van der Waals surface area (Å²) in [6.07, 6.45) is -0.673. The van der Waals surface area contributed by atoms with E-state index < -0.39 is 18.0 Å². The molecule has 24 heavy (non-hydrogen) atoms. The SMILES string of the molecule is COC(=O)c1ccc(OCc2noc(C(=O)NCC(C)O)n2)cc1. The second-order valence-corrected chi connectivity index (χ2v) is 4.88. The lowest BCUT2D eigenvalue weighted by Crippen LogP contribution is -2.30. The summed E-state index contributed by atoms with van der Waals surface area (Å²) in [5, 5.41) is 15.2. The van der Waals surface area contributed by atoms with Crippen LogP contribution in [0.2, 0.25) is 0 Å². The zero-order valence-corrected chi connectivity index (χ0v) is 13.2. The topological polar surface area (TPSA) is 124 Å². The zero-order chi connectivity index (χ0) is 17.5. The number of carbonyl (C=O) groups is 2. The predicted molar refractivity (Wildman–Crippen MR) is 80.4 cm³/mol. The van der Waals surface area contributed by atoms with E-state index in [1.54, 1.807) is 31.2 Å². The van der Waals surface area contributed by atoms with Crippen LogP contribution in [0.5, 0.6) is 5.75 Å². The highest BCUT2D eigenvalue weighted by Crippen LogP contribution is 2.14. The summed E-state index contributed by atoms with van der Waals surface area (Å²) in [5.74, 6) is -0.540. The smallest absolute Gasteiger partial charge is 0.337 e. The van der Waals surface area contributed by atoms with E-state index in [1.807, 2.05) is 0 Å². The van der Waals surface area contributed by atoms with Gasteiger partial charge >= 0.3 is 17.8 Å². The summed E-state index contributed by atoms with van der Waals surface area (Å²) in [7, 11) is 1.30. The van der Waals surface area contributed by atoms with Crippen molar-refractivity contribution < 1.29 is 28.7 Å². The van der Waals surface area contributed by atoms with Gasteiger partial charge in [-0.2, -0.15) is 4.98 Å². The predicted octanol–water partition coefficient (Wildman–Crippen LogP) is 0.546. The third kappa shape index (κ3) is 4.78. The number of aromatic nitrogens is 2. The van der Waals surface area contributed by atoms with Crippen molar-refractivity contribution in [2.45, 2.75) is 19.6 Å². The van der Waals surface area contributed by atoms with Gasteiger partial charge in [0.25, 0.3) is 0 Å². The Morgan fingerprint density at radius 2 is 2.04 bits per heavy atom. The molecule has 0 aliphatic heterocycles. The molecule has 0 saturated carbocycles. The van der Waals surface area contributed by atoms with Gasteiger partial charge < -0.3 is 24.4 Å². The fraction of sp³-hybridized carbons (Fsp3) is 0.333. The number of benzene rings is 1. The Bertz CT molecular complexity index is 695. The molecule has 1 atom stereocenters. The molecule has 0 bridgehead atoms. The molecule has 0 fully saturated rings. The van der Waals surface area contributed by atoms with E-state index in [1.165, 1.54) is 7.11 Å². The van der Waals surface area contributed by atoms with E-state index in [4.69, 9.17) is 14.4 Å². The Kier molecular flexibility index (Phi) is 5.85. The summed E-state index contributed by atoms with van der Waals surface area (Å²) in [6.45, 7) is 1.61. The van der Waals surface area contributed by atoms with E-state index in [0.29, 0.717) is 11.3 Å². The lowest BCUT2D eigenvalue weighted by Gasteiger charge is -2.04. The first-order chi connectivity index (χ1) is 11.5. The van der Waals surface area contributed by atoms with Crippen LogP contribution in [0.3, 0.4) is 0 Å². The molecule has 0 spiro atoms. The number of amides is 1. The van der Waals surface area contributed by atoms with Gasteiger partial charge in [-0.3, -0.25) is 4.79 Å². The molecule has 2 aromatic rings. The molecule has 1 unspecified atom stereocenters. The van der Waals surface area contributed by atoms with Crippen molar-refractivity contribution in [1.29, 1.82) is 0 Å². The van der Waals surface area contributed by atoms with Gasteiger partial charge in [0.1, 0.15) is 5.75 Å². The molecule has 1 aromatic carbocycles. The minimum Gasteiger partial charge on any atom is -0.485 e. The maximum Gasteiger partial charge on any atom is 0.337 e. The monoisotopic (exact) mass is 335 g/mol. The maximum atomic E-state index is 11.7. The number of aliphatic hydroxyl groups is 1. The van der Waals surface area contributed by atoms with Gasteiger partial charge in [-0.25, -0.2) is 4.79 Å². The standard InChI is InChI=1S/C15H17N3O6/c1-9(19)7-16-13(20)14-17-12(18-24-14)8-23-11-5-3-10(4-6-11)15(21)22-2/h3-6,9,19H,7-8H2,1-2H3,(H,16,20). The molecule has 2 rings (SSSR count). The van der Waals surface area contributed by atoms with Crippen LogP contribution in [0.15, 0.2) is 28.8 Å². The lowest BCUT2D eigenvalue weighted by atomic mass is 10.2. The van der Waals surface area contributed by atoms with Gasteiger partial charge in [-0.05, 0) is 31.2 Å². The fourth-order valence-corrected chi connectivity index (χ4v) is 1.67. The molecule has 1 heterocycles. The Balaban J connectivity index is 1.88. The van der Waals surface area contributed by atoms with Crippen molar-refractivity contribution in [3.8, 4) is 5.75 Å². The van der Waals surface area contributed by atoms with Gasteiger partial charge in [-0.15, -0.1) is 0 Å². The van der Waals surface area contributed by atoms with Crippen molar-refractivity contribution in [2.75, 3.05) is 13.7 Å². The molecule has 0 radical (unpaired) electrons. The summed E-state index contributed by atoms with van der Waals surface area (Å²) in [5.41, 5.74) is 0.404. The fourth-order valence-electron chi connectivity index (χ4n) is 1.67. The number of hydrogen-bond acceptors (Lipinski definition) is 8. The van der Waals surface area contributed by atoms with Gasteiger partial charge in [-0.1, -0.05) is 5.16 Å². The van der Waals surface area contributed by atoms with Crippen LogP contribution in [0, 0.1) is 0 Å². The molecule has 0 aliphatic rings. The van der Waals surface area contributed by atoms with E-state index in [0.717, 1.165) is 0 Å². The Hall–Kier alpha value is -2.94. The second-order valence-electron chi connectivity index (χ2n) is 4.88. The number of ether oxygens (including phenoxy) is 2. The van der Waals surface area contributed by atoms with Crippen LogP contribution >= 0.6 is 0 Å². The molecular weight excluding hydrogens is 318 g/mol. The maximum absolute atomic E-state index is 11.7. The molecule has 0 saturated heterocycles. The lowest BCUT2D eigenvalue weighted by molar-refractivity contribution is 0.0600. The van der Waals surface area contributed by atoms with Crippen LogP contribution in [-0.4, -0.2) is 46.9 Å². The normalized spacial score (nSPS) is 11.6. The van der Waals surface area contributed by atoms with Crippen LogP contribution < -0.4 is 10.1 Å². The van der Waals surface area contributed by atoms with Crippen LogP contribution in [0.4, 0.5) is 0 Å². The Morgan fingerprint density at radius 1 is 1.33 bits per heavy atom. The highest BCUT2D eigenvalue weighted by molar-refractivity contribution is 5.89. The quantitative estimate of drug-likeness (QED) is 0.703. The molecule has 2 N–H and O–H groups in total. The average molecular weight is 335 g/mol. The minimum absolute atomic E-state index is 0.00917. The van der Waals surface area contributed by atoms with Gasteiger partial charge in [0.15, 0.2) is 6.61 Å². The van der Waals surface area contributed by atoms with Gasteiger partial charge in [0.05, 0.1) is 18.8 Å².